The molecule has 18 heavy (non-hydrogen) atoms. The third kappa shape index (κ3) is 2.50. The highest BCUT2D eigenvalue weighted by Gasteiger charge is 2.79. The third-order valence-electron chi connectivity index (χ3n) is 1.66. The predicted octanol–water partition coefficient (Wildman–Crippen LogP) is 2.34. The highest BCUT2D eigenvalue weighted by atomic mass is 32.2. The Kier molecular flexibility index (Phi) is 4.26. The van der Waals surface area contributed by atoms with Gasteiger partial charge in [-0.2, -0.15) is 34.8 Å². The van der Waals surface area contributed by atoms with E-state index < -0.39 is 39.8 Å². The molecule has 0 spiro atoms. The maximum Gasteiger partial charge on any atom is 0.382 e. The predicted molar refractivity (Wildman–Crippen MR) is 37.3 cm³/mol. The van der Waals surface area contributed by atoms with Crippen LogP contribution in [0, 0.1) is 0 Å². The Morgan fingerprint density at radius 3 is 1.39 bits per heavy atom. The molecule has 0 bridgehead atoms. The second-order valence-corrected chi connectivity index (χ2v) is 4.40. The van der Waals surface area contributed by atoms with E-state index >= 15 is 0 Å². The average Bonchev–Trinajstić information content (AvgIpc) is 2.14. The van der Waals surface area contributed by atoms with E-state index in [0.29, 0.717) is 0 Å². The zero-order valence-electron chi connectivity index (χ0n) is 7.73. The van der Waals surface area contributed by atoms with Crippen LogP contribution in [0.2, 0.25) is 0 Å². The smallest absolute Gasteiger partial charge is 0.283 e. The highest BCUT2D eigenvalue weighted by Crippen LogP contribution is 2.51. The topological polar surface area (TPSA) is 54.4 Å². The Morgan fingerprint density at radius 1 is 0.833 bits per heavy atom. The van der Waals surface area contributed by atoms with Crippen LogP contribution in [-0.4, -0.2) is 42.7 Å². The van der Waals surface area contributed by atoms with Gasteiger partial charge in [0.05, 0.1) is 0 Å². The van der Waals surface area contributed by atoms with E-state index in [2.05, 4.69) is 0 Å². The summed E-state index contributed by atoms with van der Waals surface area (Å²) >= 11 is 0. The van der Waals surface area contributed by atoms with Crippen LogP contribution >= 0.6 is 0 Å². The molecule has 1 N–H and O–H groups in total. The molecule has 0 aliphatic heterocycles. The van der Waals surface area contributed by atoms with Crippen molar-refractivity contribution < 1.29 is 52.5 Å². The van der Waals surface area contributed by atoms with E-state index in [0.717, 1.165) is 0 Å². The van der Waals surface area contributed by atoms with E-state index in [1.807, 2.05) is 0 Å². The molecule has 1 atom stereocenters. The lowest BCUT2D eigenvalue weighted by molar-refractivity contribution is -0.344. The van der Waals surface area contributed by atoms with Crippen LogP contribution < -0.4 is 0 Å². The number of halogens is 9. The zero-order chi connectivity index (χ0) is 15.2. The molecule has 0 aliphatic carbocycles. The van der Waals surface area contributed by atoms with Gasteiger partial charge in [-0.05, 0) is 0 Å². The molecule has 0 aromatic heterocycles. The Morgan fingerprint density at radius 2 is 1.17 bits per heavy atom. The summed E-state index contributed by atoms with van der Waals surface area (Å²) in [5, 5.41) is 0. The second-order valence-electron chi connectivity index (χ2n) is 2.95. The van der Waals surface area contributed by atoms with Crippen LogP contribution in [0.25, 0.3) is 0 Å². The van der Waals surface area contributed by atoms with Gasteiger partial charge in [0.1, 0.15) is 0 Å². The maximum absolute atomic E-state index is 12.5. The van der Waals surface area contributed by atoms with Crippen LogP contribution in [0.15, 0.2) is 0 Å². The summed E-state index contributed by atoms with van der Waals surface area (Å²) in [5.74, 6) is -20.5. The fraction of sp³-hybridized carbons (Fsp3) is 1.00. The number of alkyl halides is 9. The van der Waals surface area contributed by atoms with Crippen LogP contribution in [-0.2, 0) is 10.1 Å². The van der Waals surface area contributed by atoms with Crippen molar-refractivity contribution >= 4 is 10.1 Å². The van der Waals surface area contributed by atoms with Gasteiger partial charge in [0, 0.05) is 0 Å². The van der Waals surface area contributed by atoms with Gasteiger partial charge in [-0.1, -0.05) is 0 Å². The summed E-state index contributed by atoms with van der Waals surface area (Å²) in [5.41, 5.74) is -5.19. The van der Waals surface area contributed by atoms with Gasteiger partial charge in [-0.3, -0.25) is 4.55 Å². The quantitative estimate of drug-likeness (QED) is 0.626. The summed E-state index contributed by atoms with van der Waals surface area (Å²) in [4.78, 5) is 0. The van der Waals surface area contributed by atoms with Crippen molar-refractivity contribution in [3.8, 4) is 0 Å². The molecule has 0 aromatic carbocycles. The minimum atomic E-state index is -7.04. The Labute approximate surface area is 93.3 Å². The van der Waals surface area contributed by atoms with Gasteiger partial charge < -0.3 is 0 Å². The molecular formula is C5H3F9O3S. The van der Waals surface area contributed by atoms with Crippen molar-refractivity contribution in [1.82, 2.24) is 0 Å². The van der Waals surface area contributed by atoms with Crippen molar-refractivity contribution in [2.45, 2.75) is 29.7 Å². The zero-order valence-corrected chi connectivity index (χ0v) is 8.54. The molecule has 0 radical (unpaired) electrons. The summed E-state index contributed by atoms with van der Waals surface area (Å²) < 4.78 is 137. The molecule has 0 aliphatic rings. The van der Waals surface area contributed by atoms with Crippen molar-refractivity contribution in [2.24, 2.45) is 0 Å². The monoisotopic (exact) mass is 314 g/mol. The Balaban J connectivity index is 5.74. The maximum atomic E-state index is 12.5. The standard InChI is InChI=1S/C5H3F9O3S/c6-1(7)3(9,10)5(13,14)4(11,12)2(8)18(15,16)17/h1-2H,(H,15,16,17). The lowest BCUT2D eigenvalue weighted by Crippen LogP contribution is -2.62. The molecule has 3 nitrogen and oxygen atoms in total. The van der Waals surface area contributed by atoms with Gasteiger partial charge in [0.15, 0.2) is 0 Å². The molecular weight excluding hydrogens is 311 g/mol. The molecule has 0 rings (SSSR count). The molecule has 0 fully saturated rings. The van der Waals surface area contributed by atoms with Crippen molar-refractivity contribution in [3.63, 3.8) is 0 Å². The minimum absolute atomic E-state index is 5.19. The molecule has 13 heteroatoms. The normalized spacial score (nSPS) is 17.1. The van der Waals surface area contributed by atoms with E-state index in [4.69, 9.17) is 4.55 Å². The SMILES string of the molecule is O=S(=O)(O)C(F)C(F)(F)C(F)(F)C(F)(F)C(F)F. The fourth-order valence-electron chi connectivity index (χ4n) is 0.689. The van der Waals surface area contributed by atoms with Crippen molar-refractivity contribution in [2.75, 3.05) is 0 Å². The summed E-state index contributed by atoms with van der Waals surface area (Å²) in [6.07, 6.45) is -5.31. The Hall–Kier alpha value is -0.720. The number of hydrogen-bond acceptors (Lipinski definition) is 2. The molecule has 0 aromatic rings. The third-order valence-corrected chi connectivity index (χ3v) is 2.48. The first-order valence-electron chi connectivity index (χ1n) is 3.62. The summed E-state index contributed by atoms with van der Waals surface area (Å²) in [6, 6.07) is 0. The van der Waals surface area contributed by atoms with E-state index in [-0.39, 0.29) is 0 Å². The minimum Gasteiger partial charge on any atom is -0.283 e. The fourth-order valence-corrected chi connectivity index (χ4v) is 1.21. The van der Waals surface area contributed by atoms with Crippen LogP contribution in [0.3, 0.4) is 0 Å². The summed E-state index contributed by atoms with van der Waals surface area (Å²) in [6.45, 7) is 0. The van der Waals surface area contributed by atoms with E-state index in [9.17, 15) is 47.9 Å². The van der Waals surface area contributed by atoms with Gasteiger partial charge in [-0.15, -0.1) is 0 Å². The van der Waals surface area contributed by atoms with Gasteiger partial charge >= 0.3 is 34.3 Å². The van der Waals surface area contributed by atoms with Crippen LogP contribution in [0.4, 0.5) is 39.5 Å². The Bertz CT molecular complexity index is 402. The van der Waals surface area contributed by atoms with Crippen LogP contribution in [0.5, 0.6) is 0 Å². The summed E-state index contributed by atoms with van der Waals surface area (Å²) in [7, 11) is -6.50. The first kappa shape index (κ1) is 17.3. The molecule has 110 valence electrons. The van der Waals surface area contributed by atoms with E-state index in [1.54, 1.807) is 0 Å². The average molecular weight is 314 g/mol. The number of hydrogen-bond donors (Lipinski definition) is 1. The largest absolute Gasteiger partial charge is 0.382 e. The lowest BCUT2D eigenvalue weighted by atomic mass is 10.1. The molecule has 1 unspecified atom stereocenters. The highest BCUT2D eigenvalue weighted by molar-refractivity contribution is 7.86. The first-order chi connectivity index (χ1) is 7.60. The molecule has 0 saturated heterocycles. The lowest BCUT2D eigenvalue weighted by Gasteiger charge is -2.32. The van der Waals surface area contributed by atoms with E-state index in [1.165, 1.54) is 0 Å². The van der Waals surface area contributed by atoms with Gasteiger partial charge in [-0.25, -0.2) is 13.2 Å². The molecule has 0 saturated carbocycles. The molecule has 0 heterocycles. The van der Waals surface area contributed by atoms with Gasteiger partial charge in [0.2, 0.25) is 0 Å². The van der Waals surface area contributed by atoms with Crippen LogP contribution in [0.1, 0.15) is 0 Å². The first-order valence-corrected chi connectivity index (χ1v) is 5.12. The van der Waals surface area contributed by atoms with Crippen molar-refractivity contribution in [3.05, 3.63) is 0 Å². The number of rotatable bonds is 5. The molecule has 0 amide bonds. The van der Waals surface area contributed by atoms with Crippen molar-refractivity contribution in [1.29, 1.82) is 0 Å². The second kappa shape index (κ2) is 4.43. The van der Waals surface area contributed by atoms with Gasteiger partial charge in [0.25, 0.3) is 5.50 Å².